The van der Waals surface area contributed by atoms with Gasteiger partial charge in [0.25, 0.3) is 0 Å². The molecule has 3 aromatic rings. The first-order chi connectivity index (χ1) is 13.2. The smallest absolute Gasteiger partial charge is 0.194 e. The SMILES string of the molecule is CCNC(=NCc1nnc2ccccn12)N1CCOC(c2cnn(C)c2)C1.I. The van der Waals surface area contributed by atoms with Gasteiger partial charge in [-0.1, -0.05) is 6.07 Å². The number of halogens is 1. The molecule has 0 bridgehead atoms. The van der Waals surface area contributed by atoms with E-state index in [0.717, 1.165) is 42.6 Å². The summed E-state index contributed by atoms with van der Waals surface area (Å²) in [5.74, 6) is 1.68. The molecule has 1 aliphatic rings. The molecule has 1 saturated heterocycles. The quantitative estimate of drug-likeness (QED) is 0.336. The van der Waals surface area contributed by atoms with Crippen LogP contribution in [0, 0.1) is 0 Å². The first kappa shape index (κ1) is 20.5. The number of nitrogens with one attached hydrogen (secondary N) is 1. The van der Waals surface area contributed by atoms with Crippen molar-refractivity contribution in [3.05, 3.63) is 48.2 Å². The molecule has 0 saturated carbocycles. The lowest BCUT2D eigenvalue weighted by Crippen LogP contribution is -2.48. The zero-order valence-corrected chi connectivity index (χ0v) is 18.4. The van der Waals surface area contributed by atoms with Gasteiger partial charge in [0, 0.05) is 38.1 Å². The Bertz CT molecular complexity index is 936. The first-order valence-corrected chi connectivity index (χ1v) is 9.16. The van der Waals surface area contributed by atoms with Gasteiger partial charge in [0.1, 0.15) is 12.6 Å². The Kier molecular flexibility index (Phi) is 6.83. The predicted molar refractivity (Wildman–Crippen MR) is 117 cm³/mol. The van der Waals surface area contributed by atoms with Crippen LogP contribution in [0.25, 0.3) is 5.65 Å². The van der Waals surface area contributed by atoms with Gasteiger partial charge < -0.3 is 15.0 Å². The number of rotatable bonds is 4. The van der Waals surface area contributed by atoms with Gasteiger partial charge in [0.05, 0.1) is 19.3 Å². The van der Waals surface area contributed by atoms with Crippen molar-refractivity contribution in [1.82, 2.24) is 34.6 Å². The van der Waals surface area contributed by atoms with Gasteiger partial charge in [0.2, 0.25) is 0 Å². The molecule has 1 fully saturated rings. The summed E-state index contributed by atoms with van der Waals surface area (Å²) >= 11 is 0. The van der Waals surface area contributed by atoms with Gasteiger partial charge in [-0.15, -0.1) is 34.2 Å². The summed E-state index contributed by atoms with van der Waals surface area (Å²) < 4.78 is 9.70. The van der Waals surface area contributed by atoms with E-state index in [-0.39, 0.29) is 30.1 Å². The molecule has 1 N–H and O–H groups in total. The summed E-state index contributed by atoms with van der Waals surface area (Å²) in [6.07, 6.45) is 5.81. The maximum atomic E-state index is 5.94. The first-order valence-electron chi connectivity index (χ1n) is 9.16. The minimum atomic E-state index is -0.00905. The standard InChI is InChI=1S/C18H24N8O.HI/c1-3-19-18(20-11-17-23-22-16-6-4-5-7-26(16)17)25-8-9-27-15(13-25)14-10-21-24(2)12-14;/h4-7,10,12,15H,3,8-9,11,13H2,1-2H3,(H,19,20);1H. The lowest BCUT2D eigenvalue weighted by atomic mass is 10.1. The monoisotopic (exact) mass is 496 g/mol. The third-order valence-corrected chi connectivity index (χ3v) is 4.55. The molecule has 4 rings (SSSR count). The second-order valence-electron chi connectivity index (χ2n) is 6.47. The number of pyridine rings is 1. The van der Waals surface area contributed by atoms with E-state index in [0.29, 0.717) is 13.2 Å². The second kappa shape index (κ2) is 9.32. The molecule has 0 aromatic carbocycles. The van der Waals surface area contributed by atoms with Crippen LogP contribution in [0.4, 0.5) is 0 Å². The highest BCUT2D eigenvalue weighted by Gasteiger charge is 2.25. The van der Waals surface area contributed by atoms with Gasteiger partial charge in [-0.2, -0.15) is 5.10 Å². The maximum absolute atomic E-state index is 5.94. The average Bonchev–Trinajstić information content (AvgIpc) is 3.32. The van der Waals surface area contributed by atoms with E-state index in [1.165, 1.54) is 0 Å². The van der Waals surface area contributed by atoms with Crippen molar-refractivity contribution in [2.24, 2.45) is 12.0 Å². The van der Waals surface area contributed by atoms with E-state index in [1.54, 1.807) is 4.68 Å². The van der Waals surface area contributed by atoms with Crippen molar-refractivity contribution in [3.63, 3.8) is 0 Å². The Balaban J connectivity index is 0.00000225. The molecule has 150 valence electrons. The van der Waals surface area contributed by atoms with E-state index >= 15 is 0 Å². The molecule has 0 spiro atoms. The fourth-order valence-corrected chi connectivity index (χ4v) is 3.22. The van der Waals surface area contributed by atoms with Crippen LogP contribution in [0.3, 0.4) is 0 Å². The number of ether oxygens (including phenoxy) is 1. The number of morpholine rings is 1. The van der Waals surface area contributed by atoms with Gasteiger partial charge >= 0.3 is 0 Å². The number of aromatic nitrogens is 5. The third-order valence-electron chi connectivity index (χ3n) is 4.55. The highest BCUT2D eigenvalue weighted by molar-refractivity contribution is 14.0. The Labute approximate surface area is 180 Å². The van der Waals surface area contributed by atoms with Gasteiger partial charge in [0.15, 0.2) is 17.4 Å². The molecular weight excluding hydrogens is 471 g/mol. The Morgan fingerprint density at radius 3 is 3.04 bits per heavy atom. The van der Waals surface area contributed by atoms with Crippen LogP contribution in [-0.2, 0) is 18.3 Å². The molecule has 0 radical (unpaired) electrons. The highest BCUT2D eigenvalue weighted by Crippen LogP contribution is 2.21. The van der Waals surface area contributed by atoms with Crippen LogP contribution in [0.5, 0.6) is 0 Å². The molecule has 9 nitrogen and oxygen atoms in total. The van der Waals surface area contributed by atoms with E-state index < -0.39 is 0 Å². The van der Waals surface area contributed by atoms with E-state index in [9.17, 15) is 0 Å². The van der Waals surface area contributed by atoms with E-state index in [1.807, 2.05) is 48.2 Å². The van der Waals surface area contributed by atoms with E-state index in [4.69, 9.17) is 9.73 Å². The summed E-state index contributed by atoms with van der Waals surface area (Å²) in [6.45, 7) is 5.51. The lowest BCUT2D eigenvalue weighted by molar-refractivity contribution is -0.00805. The summed E-state index contributed by atoms with van der Waals surface area (Å²) in [5.41, 5.74) is 1.91. The molecule has 0 aliphatic carbocycles. The topological polar surface area (TPSA) is 84.9 Å². The van der Waals surface area contributed by atoms with Crippen LogP contribution in [0.1, 0.15) is 24.4 Å². The van der Waals surface area contributed by atoms with Crippen LogP contribution < -0.4 is 5.32 Å². The number of nitrogens with zero attached hydrogens (tertiary/aromatic N) is 7. The van der Waals surface area contributed by atoms with Crippen LogP contribution in [-0.4, -0.2) is 61.5 Å². The van der Waals surface area contributed by atoms with Crippen molar-refractivity contribution >= 4 is 35.6 Å². The number of guanidine groups is 1. The fourth-order valence-electron chi connectivity index (χ4n) is 3.22. The second-order valence-corrected chi connectivity index (χ2v) is 6.47. The molecular formula is C18H25IN8O. The summed E-state index contributed by atoms with van der Waals surface area (Å²) in [5, 5.41) is 16.1. The number of hydrogen-bond acceptors (Lipinski definition) is 5. The number of aliphatic imine (C=N–C) groups is 1. The fraction of sp³-hybridized carbons (Fsp3) is 0.444. The molecule has 3 aromatic heterocycles. The minimum absolute atomic E-state index is 0. The Morgan fingerprint density at radius 1 is 1.36 bits per heavy atom. The Morgan fingerprint density at radius 2 is 2.25 bits per heavy atom. The Hall–Kier alpha value is -2.21. The normalized spacial score (nSPS) is 17.6. The predicted octanol–water partition coefficient (Wildman–Crippen LogP) is 1.62. The van der Waals surface area contributed by atoms with Crippen LogP contribution in [0.15, 0.2) is 41.8 Å². The highest BCUT2D eigenvalue weighted by atomic mass is 127. The molecule has 4 heterocycles. The van der Waals surface area contributed by atoms with Gasteiger partial charge in [-0.25, -0.2) is 4.99 Å². The van der Waals surface area contributed by atoms with Crippen molar-refractivity contribution in [3.8, 4) is 0 Å². The van der Waals surface area contributed by atoms with Crippen LogP contribution >= 0.6 is 24.0 Å². The summed E-state index contributed by atoms with van der Waals surface area (Å²) in [4.78, 5) is 7.02. The van der Waals surface area contributed by atoms with Crippen molar-refractivity contribution in [1.29, 1.82) is 0 Å². The number of hydrogen-bond donors (Lipinski definition) is 1. The van der Waals surface area contributed by atoms with Crippen LogP contribution in [0.2, 0.25) is 0 Å². The van der Waals surface area contributed by atoms with Crippen molar-refractivity contribution in [2.45, 2.75) is 19.6 Å². The molecule has 1 aliphatic heterocycles. The summed E-state index contributed by atoms with van der Waals surface area (Å²) in [6, 6.07) is 5.86. The minimum Gasteiger partial charge on any atom is -0.370 e. The van der Waals surface area contributed by atoms with Gasteiger partial charge in [-0.05, 0) is 19.1 Å². The van der Waals surface area contributed by atoms with Gasteiger partial charge in [-0.3, -0.25) is 9.08 Å². The molecule has 1 unspecified atom stereocenters. The zero-order valence-electron chi connectivity index (χ0n) is 16.0. The maximum Gasteiger partial charge on any atom is 0.194 e. The zero-order chi connectivity index (χ0) is 18.6. The lowest BCUT2D eigenvalue weighted by Gasteiger charge is -2.34. The number of aryl methyl sites for hydroxylation is 1. The molecule has 1 atom stereocenters. The summed E-state index contributed by atoms with van der Waals surface area (Å²) in [7, 11) is 1.92. The largest absolute Gasteiger partial charge is 0.370 e. The number of fused-ring (bicyclic) bond motifs is 1. The third kappa shape index (κ3) is 4.43. The molecule has 0 amide bonds. The molecule has 28 heavy (non-hydrogen) atoms. The molecule has 10 heteroatoms. The average molecular weight is 496 g/mol. The van der Waals surface area contributed by atoms with E-state index in [2.05, 4.69) is 32.4 Å². The van der Waals surface area contributed by atoms with Crippen molar-refractivity contribution < 1.29 is 4.74 Å². The van der Waals surface area contributed by atoms with Crippen molar-refractivity contribution in [2.75, 3.05) is 26.2 Å².